The first-order valence-electron chi connectivity index (χ1n) is 9.16. The fourth-order valence-corrected chi connectivity index (χ4v) is 3.02. The summed E-state index contributed by atoms with van der Waals surface area (Å²) in [5.74, 6) is -0.251. The molecule has 0 fully saturated rings. The van der Waals surface area contributed by atoms with Crippen LogP contribution in [0.15, 0.2) is 85.2 Å². The number of rotatable bonds is 8. The maximum atomic E-state index is 12.9. The van der Waals surface area contributed by atoms with E-state index < -0.39 is 6.10 Å². The maximum absolute atomic E-state index is 12.9. The molecular formula is C23H24N2O2. The van der Waals surface area contributed by atoms with Gasteiger partial charge in [-0.3, -0.25) is 9.78 Å². The van der Waals surface area contributed by atoms with Gasteiger partial charge in [-0.25, -0.2) is 0 Å². The predicted octanol–water partition coefficient (Wildman–Crippen LogP) is 3.26. The number of carbonyl (C=O) groups excluding carboxylic acids is 1. The van der Waals surface area contributed by atoms with Gasteiger partial charge >= 0.3 is 0 Å². The molecule has 0 radical (unpaired) electrons. The highest BCUT2D eigenvalue weighted by molar-refractivity contribution is 5.81. The number of benzene rings is 2. The van der Waals surface area contributed by atoms with Crippen molar-refractivity contribution in [2.45, 2.75) is 25.5 Å². The van der Waals surface area contributed by atoms with Gasteiger partial charge in [0.1, 0.15) is 6.10 Å². The summed E-state index contributed by atoms with van der Waals surface area (Å²) in [5, 5.41) is 10.5. The van der Waals surface area contributed by atoms with Gasteiger partial charge in [-0.15, -0.1) is 0 Å². The van der Waals surface area contributed by atoms with Crippen LogP contribution < -0.4 is 0 Å². The molecule has 1 atom stereocenters. The molecular weight excluding hydrogens is 336 g/mol. The van der Waals surface area contributed by atoms with Crippen LogP contribution in [0, 0.1) is 0 Å². The van der Waals surface area contributed by atoms with Crippen LogP contribution in [0.2, 0.25) is 0 Å². The van der Waals surface area contributed by atoms with Gasteiger partial charge in [-0.05, 0) is 29.2 Å². The first kappa shape index (κ1) is 18.8. The molecule has 0 saturated carbocycles. The number of hydrogen-bond acceptors (Lipinski definition) is 3. The lowest BCUT2D eigenvalue weighted by atomic mass is 10.1. The number of carbonyl (C=O) groups is 1. The minimum Gasteiger partial charge on any atom is -0.383 e. The van der Waals surface area contributed by atoms with Gasteiger partial charge < -0.3 is 10.0 Å². The highest BCUT2D eigenvalue weighted by Crippen LogP contribution is 2.11. The second-order valence-corrected chi connectivity index (χ2v) is 6.56. The summed E-state index contributed by atoms with van der Waals surface area (Å²) in [6.07, 6.45) is 3.47. The van der Waals surface area contributed by atoms with Crippen LogP contribution in [0.25, 0.3) is 0 Å². The van der Waals surface area contributed by atoms with Crippen LogP contribution in [0.5, 0.6) is 0 Å². The van der Waals surface area contributed by atoms with Gasteiger partial charge in [0.25, 0.3) is 5.91 Å². The Balaban J connectivity index is 1.70. The van der Waals surface area contributed by atoms with E-state index in [2.05, 4.69) is 4.98 Å². The van der Waals surface area contributed by atoms with Crippen LogP contribution in [0.4, 0.5) is 0 Å². The number of amides is 1. The van der Waals surface area contributed by atoms with E-state index in [-0.39, 0.29) is 5.91 Å². The molecule has 27 heavy (non-hydrogen) atoms. The minimum absolute atomic E-state index is 0.251. The summed E-state index contributed by atoms with van der Waals surface area (Å²) in [6, 6.07) is 23.5. The molecule has 3 aromatic rings. The lowest BCUT2D eigenvalue weighted by Crippen LogP contribution is -2.41. The van der Waals surface area contributed by atoms with E-state index in [1.54, 1.807) is 17.3 Å². The number of hydrogen-bond donors (Lipinski definition) is 1. The van der Waals surface area contributed by atoms with Gasteiger partial charge in [0, 0.05) is 31.9 Å². The highest BCUT2D eigenvalue weighted by Gasteiger charge is 2.22. The highest BCUT2D eigenvalue weighted by atomic mass is 16.3. The maximum Gasteiger partial charge on any atom is 0.252 e. The van der Waals surface area contributed by atoms with Gasteiger partial charge in [0.05, 0.1) is 0 Å². The molecule has 0 aliphatic carbocycles. The van der Waals surface area contributed by atoms with E-state index >= 15 is 0 Å². The van der Waals surface area contributed by atoms with Crippen molar-refractivity contribution in [3.8, 4) is 0 Å². The zero-order valence-electron chi connectivity index (χ0n) is 15.2. The third-order valence-corrected chi connectivity index (χ3v) is 4.48. The Hall–Kier alpha value is -2.98. The van der Waals surface area contributed by atoms with Gasteiger partial charge in [-0.1, -0.05) is 66.7 Å². The normalized spacial score (nSPS) is 11.7. The molecule has 4 heteroatoms. The molecule has 138 valence electrons. The number of aliphatic hydroxyl groups excluding tert-OH is 1. The molecule has 1 amide bonds. The van der Waals surface area contributed by atoms with Crippen LogP contribution in [0.3, 0.4) is 0 Å². The summed E-state index contributed by atoms with van der Waals surface area (Å²) in [7, 11) is 0. The van der Waals surface area contributed by atoms with Crippen molar-refractivity contribution in [3.63, 3.8) is 0 Å². The molecule has 1 N–H and O–H groups in total. The quantitative estimate of drug-likeness (QED) is 0.671. The number of aromatic nitrogens is 1. The first-order valence-corrected chi connectivity index (χ1v) is 9.16. The van der Waals surface area contributed by atoms with Crippen molar-refractivity contribution in [2.24, 2.45) is 0 Å². The summed E-state index contributed by atoms with van der Waals surface area (Å²) >= 11 is 0. The van der Waals surface area contributed by atoms with Gasteiger partial charge in [0.15, 0.2) is 0 Å². The molecule has 0 bridgehead atoms. The Morgan fingerprint density at radius 2 is 1.52 bits per heavy atom. The van der Waals surface area contributed by atoms with Gasteiger partial charge in [0.2, 0.25) is 0 Å². The molecule has 1 aromatic heterocycles. The summed E-state index contributed by atoms with van der Waals surface area (Å²) in [5.41, 5.74) is 3.06. The zero-order chi connectivity index (χ0) is 18.9. The standard InChI is InChI=1S/C23H24N2O2/c26-22(16-20-10-5-2-6-11-20)23(27)25(18-21-12-7-14-24-17-21)15-13-19-8-3-1-4-9-19/h1-12,14,17,22,26H,13,15-16,18H2. The Morgan fingerprint density at radius 1 is 0.889 bits per heavy atom. The smallest absolute Gasteiger partial charge is 0.252 e. The molecule has 2 aromatic carbocycles. The van der Waals surface area contributed by atoms with Crippen molar-refractivity contribution in [3.05, 3.63) is 102 Å². The zero-order valence-corrected chi connectivity index (χ0v) is 15.2. The van der Waals surface area contributed by atoms with E-state index in [0.29, 0.717) is 19.5 Å². The second kappa shape index (κ2) is 9.64. The average Bonchev–Trinajstić information content (AvgIpc) is 2.73. The molecule has 1 heterocycles. The largest absolute Gasteiger partial charge is 0.383 e. The van der Waals surface area contributed by atoms with E-state index in [9.17, 15) is 9.90 Å². The molecule has 0 aliphatic heterocycles. The summed E-state index contributed by atoms with van der Waals surface area (Å²) < 4.78 is 0. The molecule has 0 spiro atoms. The van der Waals surface area contributed by atoms with E-state index in [4.69, 9.17) is 0 Å². The summed E-state index contributed by atoms with van der Waals surface area (Å²) in [4.78, 5) is 18.8. The monoisotopic (exact) mass is 360 g/mol. The molecule has 0 saturated heterocycles. The van der Waals surface area contributed by atoms with Crippen LogP contribution in [-0.4, -0.2) is 33.5 Å². The lowest BCUT2D eigenvalue weighted by molar-refractivity contribution is -0.140. The van der Waals surface area contributed by atoms with Crippen LogP contribution in [-0.2, 0) is 24.2 Å². The van der Waals surface area contributed by atoms with E-state index in [1.165, 1.54) is 5.56 Å². The third-order valence-electron chi connectivity index (χ3n) is 4.48. The van der Waals surface area contributed by atoms with Crippen molar-refractivity contribution >= 4 is 5.91 Å². The summed E-state index contributed by atoms with van der Waals surface area (Å²) in [6.45, 7) is 0.981. The van der Waals surface area contributed by atoms with E-state index in [0.717, 1.165) is 17.5 Å². The van der Waals surface area contributed by atoms with Crippen molar-refractivity contribution in [2.75, 3.05) is 6.54 Å². The molecule has 0 aliphatic rings. The van der Waals surface area contributed by atoms with Crippen molar-refractivity contribution in [1.82, 2.24) is 9.88 Å². The molecule has 3 rings (SSSR count). The Bertz CT molecular complexity index is 823. The lowest BCUT2D eigenvalue weighted by Gasteiger charge is -2.25. The first-order chi connectivity index (χ1) is 13.2. The number of nitrogens with zero attached hydrogens (tertiary/aromatic N) is 2. The Kier molecular flexibility index (Phi) is 6.72. The third kappa shape index (κ3) is 5.76. The number of aliphatic hydroxyl groups is 1. The van der Waals surface area contributed by atoms with E-state index in [1.807, 2.05) is 72.8 Å². The molecule has 4 nitrogen and oxygen atoms in total. The van der Waals surface area contributed by atoms with Crippen molar-refractivity contribution < 1.29 is 9.90 Å². The fourth-order valence-electron chi connectivity index (χ4n) is 3.02. The Morgan fingerprint density at radius 3 is 2.15 bits per heavy atom. The van der Waals surface area contributed by atoms with Crippen molar-refractivity contribution in [1.29, 1.82) is 0 Å². The predicted molar refractivity (Wildman–Crippen MR) is 106 cm³/mol. The number of pyridine rings is 1. The minimum atomic E-state index is -1.06. The Labute approximate surface area is 160 Å². The van der Waals surface area contributed by atoms with Crippen LogP contribution in [0.1, 0.15) is 16.7 Å². The van der Waals surface area contributed by atoms with Gasteiger partial charge in [-0.2, -0.15) is 0 Å². The van der Waals surface area contributed by atoms with Crippen LogP contribution >= 0.6 is 0 Å². The fraction of sp³-hybridized carbons (Fsp3) is 0.217. The topological polar surface area (TPSA) is 53.4 Å². The average molecular weight is 360 g/mol. The molecule has 1 unspecified atom stereocenters. The SMILES string of the molecule is O=C(C(O)Cc1ccccc1)N(CCc1ccccc1)Cc1cccnc1. The second-order valence-electron chi connectivity index (χ2n) is 6.56.